The van der Waals surface area contributed by atoms with E-state index in [1.54, 1.807) is 31.3 Å². The predicted molar refractivity (Wildman–Crippen MR) is 96.1 cm³/mol. The van der Waals surface area contributed by atoms with Crippen LogP contribution in [0.25, 0.3) is 0 Å². The number of rotatable bonds is 6. The molecule has 2 aromatic carbocycles. The molecule has 0 radical (unpaired) electrons. The number of fused-ring (bicyclic) bond motifs is 1. The van der Waals surface area contributed by atoms with Crippen LogP contribution in [0, 0.1) is 6.92 Å². The summed E-state index contributed by atoms with van der Waals surface area (Å²) in [5.41, 5.74) is 1.78. The molecule has 1 aliphatic rings. The maximum absolute atomic E-state index is 12.4. The number of aryl methyl sites for hydroxylation is 1. The van der Waals surface area contributed by atoms with E-state index in [0.29, 0.717) is 24.3 Å². The van der Waals surface area contributed by atoms with Gasteiger partial charge in [0.05, 0.1) is 17.7 Å². The molecule has 0 unspecified atom stereocenters. The van der Waals surface area contributed by atoms with E-state index in [2.05, 4.69) is 0 Å². The van der Waals surface area contributed by atoms with Gasteiger partial charge in [0.1, 0.15) is 18.9 Å². The molecule has 0 spiro atoms. The molecule has 0 aliphatic carbocycles. The van der Waals surface area contributed by atoms with Crippen LogP contribution in [0.2, 0.25) is 0 Å². The summed E-state index contributed by atoms with van der Waals surface area (Å²) in [6, 6.07) is 14.2. The molecule has 6 nitrogen and oxygen atoms in total. The van der Waals surface area contributed by atoms with E-state index in [-0.39, 0.29) is 12.5 Å². The zero-order valence-electron chi connectivity index (χ0n) is 14.8. The Labute approximate surface area is 152 Å². The van der Waals surface area contributed by atoms with E-state index < -0.39 is 11.8 Å². The Morgan fingerprint density at radius 1 is 1.04 bits per heavy atom. The first-order valence-electron chi connectivity index (χ1n) is 8.36. The van der Waals surface area contributed by atoms with Crippen molar-refractivity contribution in [3.63, 3.8) is 0 Å². The molecule has 0 N–H and O–H groups in total. The fourth-order valence-corrected chi connectivity index (χ4v) is 2.77. The number of imide groups is 1. The van der Waals surface area contributed by atoms with Gasteiger partial charge in [-0.25, -0.2) is 0 Å². The van der Waals surface area contributed by atoms with Crippen molar-refractivity contribution in [1.82, 2.24) is 9.80 Å². The Morgan fingerprint density at radius 3 is 2.31 bits per heavy atom. The molecule has 26 heavy (non-hydrogen) atoms. The molecule has 0 saturated carbocycles. The third-order valence-corrected chi connectivity index (χ3v) is 4.28. The monoisotopic (exact) mass is 352 g/mol. The molecular weight excluding hydrogens is 332 g/mol. The van der Waals surface area contributed by atoms with E-state index in [1.807, 2.05) is 31.2 Å². The predicted octanol–water partition coefficient (Wildman–Crippen LogP) is 2.13. The molecule has 1 aliphatic heterocycles. The van der Waals surface area contributed by atoms with Crippen molar-refractivity contribution >= 4 is 17.7 Å². The van der Waals surface area contributed by atoms with Gasteiger partial charge in [0.2, 0.25) is 5.91 Å². The average molecular weight is 352 g/mol. The van der Waals surface area contributed by atoms with Crippen molar-refractivity contribution in [2.24, 2.45) is 0 Å². The third kappa shape index (κ3) is 3.59. The van der Waals surface area contributed by atoms with Gasteiger partial charge in [0, 0.05) is 7.05 Å². The normalized spacial score (nSPS) is 12.9. The van der Waals surface area contributed by atoms with Crippen LogP contribution in [-0.2, 0) is 4.79 Å². The van der Waals surface area contributed by atoms with Gasteiger partial charge in [-0.3, -0.25) is 19.3 Å². The van der Waals surface area contributed by atoms with Crippen LogP contribution in [0.5, 0.6) is 5.75 Å². The molecule has 2 aromatic rings. The molecule has 1 heterocycles. The lowest BCUT2D eigenvalue weighted by Gasteiger charge is -2.20. The maximum atomic E-state index is 12.4. The van der Waals surface area contributed by atoms with Crippen LogP contribution >= 0.6 is 0 Å². The molecule has 0 atom stereocenters. The maximum Gasteiger partial charge on any atom is 0.262 e. The molecule has 0 aromatic heterocycles. The number of amides is 3. The first kappa shape index (κ1) is 17.7. The van der Waals surface area contributed by atoms with Gasteiger partial charge in [0.15, 0.2) is 0 Å². The average Bonchev–Trinajstić information content (AvgIpc) is 2.87. The highest BCUT2D eigenvalue weighted by Gasteiger charge is 2.36. The van der Waals surface area contributed by atoms with E-state index in [0.717, 1.165) is 16.2 Å². The van der Waals surface area contributed by atoms with E-state index in [9.17, 15) is 14.4 Å². The first-order valence-corrected chi connectivity index (χ1v) is 8.36. The zero-order chi connectivity index (χ0) is 18.7. The van der Waals surface area contributed by atoms with Crippen molar-refractivity contribution in [2.75, 3.05) is 26.7 Å². The Hall–Kier alpha value is -3.15. The topological polar surface area (TPSA) is 66.9 Å². The second kappa shape index (κ2) is 7.39. The van der Waals surface area contributed by atoms with Gasteiger partial charge < -0.3 is 9.64 Å². The summed E-state index contributed by atoms with van der Waals surface area (Å²) in [5, 5.41) is 0. The summed E-state index contributed by atoms with van der Waals surface area (Å²) in [7, 11) is 1.63. The van der Waals surface area contributed by atoms with Crippen LogP contribution in [0.4, 0.5) is 0 Å². The summed E-state index contributed by atoms with van der Waals surface area (Å²) in [6.45, 7) is 2.39. The second-order valence-electron chi connectivity index (χ2n) is 6.22. The number of hydrogen-bond acceptors (Lipinski definition) is 4. The van der Waals surface area contributed by atoms with Crippen molar-refractivity contribution in [3.05, 3.63) is 65.2 Å². The van der Waals surface area contributed by atoms with E-state index >= 15 is 0 Å². The Balaban J connectivity index is 1.53. The lowest BCUT2D eigenvalue weighted by molar-refractivity contribution is -0.130. The van der Waals surface area contributed by atoms with Crippen molar-refractivity contribution < 1.29 is 19.1 Å². The highest BCUT2D eigenvalue weighted by molar-refractivity contribution is 6.22. The highest BCUT2D eigenvalue weighted by Crippen LogP contribution is 2.22. The first-order chi connectivity index (χ1) is 12.5. The number of nitrogens with zero attached hydrogens (tertiary/aromatic N) is 2. The third-order valence-electron chi connectivity index (χ3n) is 4.28. The van der Waals surface area contributed by atoms with Crippen molar-refractivity contribution in [1.29, 1.82) is 0 Å². The number of likely N-dealkylation sites (N-methyl/N-ethyl adjacent to an activating group) is 1. The Kier molecular flexibility index (Phi) is 5.02. The minimum absolute atomic E-state index is 0.271. The molecule has 3 rings (SSSR count). The van der Waals surface area contributed by atoms with E-state index in [4.69, 9.17) is 4.74 Å². The van der Waals surface area contributed by atoms with Gasteiger partial charge in [0.25, 0.3) is 11.8 Å². The van der Waals surface area contributed by atoms with Gasteiger partial charge in [-0.1, -0.05) is 24.3 Å². The molecule has 0 saturated heterocycles. The quantitative estimate of drug-likeness (QED) is 0.747. The van der Waals surface area contributed by atoms with Gasteiger partial charge in [-0.15, -0.1) is 0 Å². The van der Waals surface area contributed by atoms with Gasteiger partial charge in [-0.05, 0) is 36.8 Å². The fraction of sp³-hybridized carbons (Fsp3) is 0.250. The zero-order valence-corrected chi connectivity index (χ0v) is 14.8. The number of carbonyl (C=O) groups excluding carboxylic acids is 3. The number of ether oxygens (including phenoxy) is 1. The minimum atomic E-state index is -0.427. The van der Waals surface area contributed by atoms with Gasteiger partial charge in [-0.2, -0.15) is 0 Å². The molecular formula is C20H20N2O4. The summed E-state index contributed by atoms with van der Waals surface area (Å²) >= 11 is 0. The van der Waals surface area contributed by atoms with Crippen LogP contribution in [0.3, 0.4) is 0 Å². The van der Waals surface area contributed by atoms with Crippen molar-refractivity contribution in [2.45, 2.75) is 6.92 Å². The van der Waals surface area contributed by atoms with Crippen LogP contribution < -0.4 is 4.74 Å². The smallest absolute Gasteiger partial charge is 0.262 e. The lowest BCUT2D eigenvalue weighted by Crippen LogP contribution is -2.42. The Bertz CT molecular complexity index is 827. The molecule has 0 fully saturated rings. The molecule has 0 bridgehead atoms. The Morgan fingerprint density at radius 2 is 1.69 bits per heavy atom. The number of hydrogen-bond donors (Lipinski definition) is 0. The lowest BCUT2D eigenvalue weighted by atomic mass is 10.1. The van der Waals surface area contributed by atoms with Crippen molar-refractivity contribution in [3.8, 4) is 5.75 Å². The largest absolute Gasteiger partial charge is 0.492 e. The van der Waals surface area contributed by atoms with Crippen LogP contribution in [0.1, 0.15) is 26.3 Å². The number of benzene rings is 2. The summed E-state index contributed by atoms with van der Waals surface area (Å²) in [6.07, 6.45) is 0. The molecule has 134 valence electrons. The number of carbonyl (C=O) groups is 3. The summed E-state index contributed by atoms with van der Waals surface area (Å²) < 4.78 is 5.63. The summed E-state index contributed by atoms with van der Waals surface area (Å²) in [5.74, 6) is -0.426. The minimum Gasteiger partial charge on any atom is -0.492 e. The molecule has 6 heteroatoms. The standard InChI is InChI=1S/C20H20N2O4/c1-14-6-5-7-15(12-14)26-11-10-21(2)18(23)13-22-19(24)16-8-3-4-9-17(16)20(22)25/h3-9,12H,10-11,13H2,1-2H3. The van der Waals surface area contributed by atoms with E-state index in [1.165, 1.54) is 4.90 Å². The SMILES string of the molecule is Cc1cccc(OCCN(C)C(=O)CN2C(=O)c3ccccc3C2=O)c1. The molecule has 3 amide bonds. The van der Waals surface area contributed by atoms with Crippen LogP contribution in [0.15, 0.2) is 48.5 Å². The summed E-state index contributed by atoms with van der Waals surface area (Å²) in [4.78, 5) is 39.4. The van der Waals surface area contributed by atoms with Crippen LogP contribution in [-0.4, -0.2) is 54.3 Å². The fourth-order valence-electron chi connectivity index (χ4n) is 2.77. The van der Waals surface area contributed by atoms with Gasteiger partial charge >= 0.3 is 0 Å². The highest BCUT2D eigenvalue weighted by atomic mass is 16.5. The second-order valence-corrected chi connectivity index (χ2v) is 6.22.